The number of likely N-dealkylation sites (N-methyl/N-ethyl adjacent to an activating group) is 1. The lowest BCUT2D eigenvalue weighted by atomic mass is 10.3. The second-order valence-corrected chi connectivity index (χ2v) is 7.28. The number of hydrogen-bond acceptors (Lipinski definition) is 4. The van der Waals surface area contributed by atoms with E-state index in [0.29, 0.717) is 0 Å². The van der Waals surface area contributed by atoms with Crippen molar-refractivity contribution in [1.29, 1.82) is 0 Å². The Morgan fingerprint density at radius 1 is 1.07 bits per heavy atom. The minimum absolute atomic E-state index is 0. The highest BCUT2D eigenvalue weighted by molar-refractivity contribution is 14.0. The Hall–Kier alpha value is -0.870. The SMILES string of the molecule is CN=C(NCCCN1CCCN(C)CC1)NCCCn1nc(C)cc1C.I. The molecular formula is C19H38IN7. The average Bonchev–Trinajstić information content (AvgIpc) is 2.80. The fraction of sp³-hybridized carbons (Fsp3) is 0.789. The zero-order valence-corrected chi connectivity index (χ0v) is 19.8. The van der Waals surface area contributed by atoms with Crippen LogP contribution in [0.25, 0.3) is 0 Å². The lowest BCUT2D eigenvalue weighted by molar-refractivity contribution is 0.274. The van der Waals surface area contributed by atoms with Crippen molar-refractivity contribution in [2.24, 2.45) is 4.99 Å². The smallest absolute Gasteiger partial charge is 0.190 e. The second kappa shape index (κ2) is 13.3. The predicted octanol–water partition coefficient (Wildman–Crippen LogP) is 1.70. The molecule has 0 radical (unpaired) electrons. The molecule has 1 aliphatic rings. The van der Waals surface area contributed by atoms with Crippen molar-refractivity contribution >= 4 is 29.9 Å². The molecule has 0 bridgehead atoms. The number of nitrogens with zero attached hydrogens (tertiary/aromatic N) is 5. The molecule has 0 aliphatic carbocycles. The van der Waals surface area contributed by atoms with E-state index in [1.807, 2.05) is 14.0 Å². The van der Waals surface area contributed by atoms with Crippen LogP contribution in [0, 0.1) is 13.8 Å². The second-order valence-electron chi connectivity index (χ2n) is 7.28. The van der Waals surface area contributed by atoms with Crippen molar-refractivity contribution in [3.05, 3.63) is 17.5 Å². The number of aromatic nitrogens is 2. The first-order valence-electron chi connectivity index (χ1n) is 9.95. The Bertz CT molecular complexity index is 558. The fourth-order valence-electron chi connectivity index (χ4n) is 3.39. The molecule has 1 fully saturated rings. The molecule has 1 saturated heterocycles. The highest BCUT2D eigenvalue weighted by Gasteiger charge is 2.11. The first-order valence-corrected chi connectivity index (χ1v) is 9.95. The van der Waals surface area contributed by atoms with Crippen LogP contribution in [0.1, 0.15) is 30.7 Å². The van der Waals surface area contributed by atoms with Crippen LogP contribution >= 0.6 is 24.0 Å². The average molecular weight is 491 g/mol. The summed E-state index contributed by atoms with van der Waals surface area (Å²) in [5.41, 5.74) is 2.31. The Morgan fingerprint density at radius 3 is 2.41 bits per heavy atom. The van der Waals surface area contributed by atoms with E-state index in [4.69, 9.17) is 0 Å². The van der Waals surface area contributed by atoms with Gasteiger partial charge in [0.15, 0.2) is 5.96 Å². The highest BCUT2D eigenvalue weighted by atomic mass is 127. The molecule has 1 aliphatic heterocycles. The Kier molecular flexibility index (Phi) is 11.9. The Balaban J connectivity index is 0.00000364. The summed E-state index contributed by atoms with van der Waals surface area (Å²) >= 11 is 0. The third kappa shape index (κ3) is 9.25. The van der Waals surface area contributed by atoms with Gasteiger partial charge < -0.3 is 20.4 Å². The molecule has 2 rings (SSSR count). The maximum Gasteiger partial charge on any atom is 0.190 e. The van der Waals surface area contributed by atoms with Crippen molar-refractivity contribution in [3.63, 3.8) is 0 Å². The van der Waals surface area contributed by atoms with Gasteiger partial charge in [-0.2, -0.15) is 5.10 Å². The maximum atomic E-state index is 4.50. The monoisotopic (exact) mass is 491 g/mol. The van der Waals surface area contributed by atoms with Crippen molar-refractivity contribution in [1.82, 2.24) is 30.2 Å². The van der Waals surface area contributed by atoms with E-state index in [-0.39, 0.29) is 24.0 Å². The van der Waals surface area contributed by atoms with Gasteiger partial charge in [-0.05, 0) is 65.9 Å². The molecule has 156 valence electrons. The summed E-state index contributed by atoms with van der Waals surface area (Å²) in [6.45, 7) is 12.9. The summed E-state index contributed by atoms with van der Waals surface area (Å²) in [6, 6.07) is 2.12. The molecule has 2 heterocycles. The van der Waals surface area contributed by atoms with E-state index in [2.05, 4.69) is 55.2 Å². The van der Waals surface area contributed by atoms with Gasteiger partial charge in [-0.25, -0.2) is 0 Å². The van der Waals surface area contributed by atoms with Crippen molar-refractivity contribution < 1.29 is 0 Å². The van der Waals surface area contributed by atoms with Gasteiger partial charge in [0.2, 0.25) is 0 Å². The molecule has 1 aromatic heterocycles. The molecule has 0 unspecified atom stereocenters. The van der Waals surface area contributed by atoms with Crippen LogP contribution in [0.4, 0.5) is 0 Å². The van der Waals surface area contributed by atoms with Gasteiger partial charge in [0.05, 0.1) is 5.69 Å². The minimum Gasteiger partial charge on any atom is -0.356 e. The normalized spacial score (nSPS) is 16.7. The highest BCUT2D eigenvalue weighted by Crippen LogP contribution is 2.02. The lowest BCUT2D eigenvalue weighted by Gasteiger charge is -2.20. The van der Waals surface area contributed by atoms with Crippen LogP contribution < -0.4 is 10.6 Å². The Morgan fingerprint density at radius 2 is 1.78 bits per heavy atom. The number of nitrogens with one attached hydrogen (secondary N) is 2. The zero-order valence-electron chi connectivity index (χ0n) is 17.5. The van der Waals surface area contributed by atoms with Gasteiger partial charge in [0.25, 0.3) is 0 Å². The number of rotatable bonds is 8. The quantitative estimate of drug-likeness (QED) is 0.251. The standard InChI is InChI=1S/C19H37N7.HI/c1-17-16-18(2)26(23-17)13-6-9-22-19(20-3)21-8-5-11-25-12-7-10-24(4)14-15-25;/h16H,5-15H2,1-4H3,(H2,20,21,22);1H. The van der Waals surface area contributed by atoms with Gasteiger partial charge >= 0.3 is 0 Å². The van der Waals surface area contributed by atoms with Crippen LogP contribution in [0.2, 0.25) is 0 Å². The summed E-state index contributed by atoms with van der Waals surface area (Å²) in [4.78, 5) is 9.32. The van der Waals surface area contributed by atoms with Crippen molar-refractivity contribution in [2.75, 3.05) is 59.9 Å². The molecular weight excluding hydrogens is 453 g/mol. The molecule has 0 spiro atoms. The first kappa shape index (κ1) is 24.2. The number of guanidine groups is 1. The summed E-state index contributed by atoms with van der Waals surface area (Å²) in [5.74, 6) is 0.897. The van der Waals surface area contributed by atoms with E-state index in [1.165, 1.54) is 38.3 Å². The molecule has 0 aromatic carbocycles. The van der Waals surface area contributed by atoms with Gasteiger partial charge in [-0.3, -0.25) is 9.67 Å². The first-order chi connectivity index (χ1) is 12.6. The molecule has 0 atom stereocenters. The number of aliphatic imine (C=N–C) groups is 1. The maximum absolute atomic E-state index is 4.50. The largest absolute Gasteiger partial charge is 0.356 e. The molecule has 8 heteroatoms. The van der Waals surface area contributed by atoms with E-state index >= 15 is 0 Å². The topological polar surface area (TPSA) is 60.7 Å². The molecule has 7 nitrogen and oxygen atoms in total. The summed E-state index contributed by atoms with van der Waals surface area (Å²) in [6.07, 6.45) is 3.46. The molecule has 27 heavy (non-hydrogen) atoms. The van der Waals surface area contributed by atoms with Crippen molar-refractivity contribution in [2.45, 2.75) is 39.7 Å². The number of halogens is 1. The zero-order chi connectivity index (χ0) is 18.8. The van der Waals surface area contributed by atoms with E-state index in [0.717, 1.165) is 50.7 Å². The van der Waals surface area contributed by atoms with Crippen molar-refractivity contribution in [3.8, 4) is 0 Å². The van der Waals surface area contributed by atoms with Gasteiger partial charge in [-0.1, -0.05) is 0 Å². The van der Waals surface area contributed by atoms with Gasteiger partial charge in [-0.15, -0.1) is 24.0 Å². The van der Waals surface area contributed by atoms with E-state index in [9.17, 15) is 0 Å². The Labute approximate surface area is 182 Å². The predicted molar refractivity (Wildman–Crippen MR) is 124 cm³/mol. The van der Waals surface area contributed by atoms with Crippen LogP contribution in [-0.2, 0) is 6.54 Å². The van der Waals surface area contributed by atoms with Crippen LogP contribution in [0.5, 0.6) is 0 Å². The summed E-state index contributed by atoms with van der Waals surface area (Å²) < 4.78 is 2.08. The number of aryl methyl sites for hydroxylation is 3. The summed E-state index contributed by atoms with van der Waals surface area (Å²) in [5, 5.41) is 11.3. The third-order valence-corrected chi connectivity index (χ3v) is 4.92. The molecule has 2 N–H and O–H groups in total. The lowest BCUT2D eigenvalue weighted by Crippen LogP contribution is -2.39. The van der Waals surface area contributed by atoms with Crippen LogP contribution in [0.3, 0.4) is 0 Å². The van der Waals surface area contributed by atoms with E-state index in [1.54, 1.807) is 0 Å². The van der Waals surface area contributed by atoms with Gasteiger partial charge in [0, 0.05) is 45.5 Å². The van der Waals surface area contributed by atoms with Crippen LogP contribution in [0.15, 0.2) is 11.1 Å². The molecule has 0 amide bonds. The number of hydrogen-bond donors (Lipinski definition) is 2. The minimum atomic E-state index is 0. The van der Waals surface area contributed by atoms with E-state index < -0.39 is 0 Å². The van der Waals surface area contributed by atoms with Crippen LogP contribution in [-0.4, -0.2) is 85.4 Å². The molecule has 1 aromatic rings. The summed E-state index contributed by atoms with van der Waals surface area (Å²) in [7, 11) is 4.05. The molecule has 0 saturated carbocycles. The fourth-order valence-corrected chi connectivity index (χ4v) is 3.39. The van der Waals surface area contributed by atoms with Gasteiger partial charge in [0.1, 0.15) is 0 Å². The third-order valence-electron chi connectivity index (χ3n) is 4.92.